The second-order valence-electron chi connectivity index (χ2n) is 4.59. The first-order chi connectivity index (χ1) is 9.85. The highest BCUT2D eigenvalue weighted by Gasteiger charge is 2.28. The van der Waals surface area contributed by atoms with E-state index in [1.165, 1.54) is 4.88 Å². The van der Waals surface area contributed by atoms with Crippen LogP contribution in [-0.4, -0.2) is 42.6 Å². The van der Waals surface area contributed by atoms with Gasteiger partial charge in [-0.2, -0.15) is 13.2 Å². The predicted octanol–water partition coefficient (Wildman–Crippen LogP) is 1.49. The average Bonchev–Trinajstić information content (AvgIpc) is 2.89. The summed E-state index contributed by atoms with van der Waals surface area (Å²) in [6.07, 6.45) is -3.71. The normalized spacial score (nSPS) is 14.5. The lowest BCUT2D eigenvalue weighted by molar-refractivity contribution is -0.130. The van der Waals surface area contributed by atoms with E-state index in [-0.39, 0.29) is 12.5 Å². The standard InChI is InChI=1S/C12H14F3N3O2S/c13-12(14,15)7-17-11(20)16-5-10(19)18-3-1-9-8(6-18)2-4-21-9/h2,4H,1,3,5-7H2,(H2,16,17,20). The maximum absolute atomic E-state index is 11.9. The highest BCUT2D eigenvalue weighted by molar-refractivity contribution is 7.10. The minimum Gasteiger partial charge on any atom is -0.336 e. The fourth-order valence-corrected chi connectivity index (χ4v) is 2.86. The molecule has 3 amide bonds. The maximum atomic E-state index is 11.9. The summed E-state index contributed by atoms with van der Waals surface area (Å²) >= 11 is 1.64. The Labute approximate surface area is 123 Å². The minimum atomic E-state index is -4.47. The van der Waals surface area contributed by atoms with Crippen LogP contribution in [0.25, 0.3) is 0 Å². The fourth-order valence-electron chi connectivity index (χ4n) is 1.97. The molecule has 21 heavy (non-hydrogen) atoms. The van der Waals surface area contributed by atoms with Crippen molar-refractivity contribution >= 4 is 23.3 Å². The Morgan fingerprint density at radius 3 is 2.81 bits per heavy atom. The lowest BCUT2D eigenvalue weighted by Gasteiger charge is -2.27. The van der Waals surface area contributed by atoms with Crippen molar-refractivity contribution < 1.29 is 22.8 Å². The van der Waals surface area contributed by atoms with Gasteiger partial charge in [-0.1, -0.05) is 0 Å². The average molecular weight is 321 g/mol. The van der Waals surface area contributed by atoms with Gasteiger partial charge in [0.1, 0.15) is 6.54 Å². The van der Waals surface area contributed by atoms with Gasteiger partial charge in [0.25, 0.3) is 0 Å². The van der Waals surface area contributed by atoms with Gasteiger partial charge in [-0.3, -0.25) is 4.79 Å². The van der Waals surface area contributed by atoms with Crippen molar-refractivity contribution in [2.24, 2.45) is 0 Å². The predicted molar refractivity (Wildman–Crippen MR) is 70.9 cm³/mol. The molecule has 0 saturated carbocycles. The van der Waals surface area contributed by atoms with E-state index in [1.54, 1.807) is 21.6 Å². The number of thiophene rings is 1. The van der Waals surface area contributed by atoms with E-state index >= 15 is 0 Å². The number of urea groups is 1. The van der Waals surface area contributed by atoms with E-state index in [9.17, 15) is 22.8 Å². The number of hydrogen-bond donors (Lipinski definition) is 2. The molecule has 116 valence electrons. The summed E-state index contributed by atoms with van der Waals surface area (Å²) in [5, 5.41) is 5.74. The first kappa shape index (κ1) is 15.6. The molecule has 0 atom stereocenters. The number of fused-ring (bicyclic) bond motifs is 1. The molecule has 5 nitrogen and oxygen atoms in total. The Kier molecular flexibility index (Phi) is 4.71. The van der Waals surface area contributed by atoms with Crippen LogP contribution in [0.5, 0.6) is 0 Å². The van der Waals surface area contributed by atoms with Crippen LogP contribution in [0, 0.1) is 0 Å². The summed E-state index contributed by atoms with van der Waals surface area (Å²) in [5.41, 5.74) is 1.08. The van der Waals surface area contributed by atoms with Crippen molar-refractivity contribution in [3.8, 4) is 0 Å². The zero-order valence-electron chi connectivity index (χ0n) is 11.0. The Balaban J connectivity index is 1.74. The molecule has 0 unspecified atom stereocenters. The van der Waals surface area contributed by atoms with E-state index in [4.69, 9.17) is 0 Å². The van der Waals surface area contributed by atoms with E-state index in [2.05, 4.69) is 5.32 Å². The van der Waals surface area contributed by atoms with Gasteiger partial charge in [0.2, 0.25) is 5.91 Å². The largest absolute Gasteiger partial charge is 0.405 e. The number of carbonyl (C=O) groups is 2. The quantitative estimate of drug-likeness (QED) is 0.886. The Bertz CT molecular complexity index is 530. The Morgan fingerprint density at radius 1 is 1.33 bits per heavy atom. The van der Waals surface area contributed by atoms with Crippen LogP contribution in [0.3, 0.4) is 0 Å². The molecule has 2 N–H and O–H groups in total. The van der Waals surface area contributed by atoms with E-state index in [0.717, 1.165) is 12.0 Å². The van der Waals surface area contributed by atoms with Crippen LogP contribution in [0.4, 0.5) is 18.0 Å². The van der Waals surface area contributed by atoms with Crippen molar-refractivity contribution in [3.63, 3.8) is 0 Å². The molecule has 0 aromatic carbocycles. The summed E-state index contributed by atoms with van der Waals surface area (Å²) in [7, 11) is 0. The van der Waals surface area contributed by atoms with Gasteiger partial charge in [-0.25, -0.2) is 4.79 Å². The number of rotatable bonds is 3. The molecule has 0 radical (unpaired) electrons. The summed E-state index contributed by atoms with van der Waals surface area (Å²) in [6.45, 7) is -0.708. The minimum absolute atomic E-state index is 0.311. The first-order valence-electron chi connectivity index (χ1n) is 6.26. The molecule has 0 spiro atoms. The molecule has 1 aromatic heterocycles. The van der Waals surface area contributed by atoms with Crippen LogP contribution in [0.15, 0.2) is 11.4 Å². The number of halogens is 3. The lowest BCUT2D eigenvalue weighted by Crippen LogP contribution is -2.46. The zero-order valence-corrected chi connectivity index (χ0v) is 11.8. The Morgan fingerprint density at radius 2 is 2.10 bits per heavy atom. The van der Waals surface area contributed by atoms with Gasteiger partial charge in [-0.05, 0) is 23.4 Å². The fraction of sp³-hybridized carbons (Fsp3) is 0.500. The van der Waals surface area contributed by atoms with Gasteiger partial charge in [0.05, 0.1) is 6.54 Å². The van der Waals surface area contributed by atoms with Crippen molar-refractivity contribution in [3.05, 3.63) is 21.9 Å². The molecule has 2 rings (SSSR count). The van der Waals surface area contributed by atoms with Gasteiger partial charge in [0.15, 0.2) is 0 Å². The van der Waals surface area contributed by atoms with Crippen LogP contribution >= 0.6 is 11.3 Å². The monoisotopic (exact) mass is 321 g/mol. The van der Waals surface area contributed by atoms with Crippen molar-refractivity contribution in [2.75, 3.05) is 19.6 Å². The zero-order chi connectivity index (χ0) is 15.5. The molecule has 1 aliphatic heterocycles. The van der Waals surface area contributed by atoms with Gasteiger partial charge >= 0.3 is 12.2 Å². The molecule has 2 heterocycles. The number of nitrogens with one attached hydrogen (secondary N) is 2. The topological polar surface area (TPSA) is 61.4 Å². The summed E-state index contributed by atoms with van der Waals surface area (Å²) in [5.74, 6) is -0.311. The molecule has 0 aliphatic carbocycles. The third-order valence-electron chi connectivity index (χ3n) is 3.01. The molecule has 0 saturated heterocycles. The van der Waals surface area contributed by atoms with Gasteiger partial charge < -0.3 is 15.5 Å². The molecule has 9 heteroatoms. The van der Waals surface area contributed by atoms with Gasteiger partial charge in [0, 0.05) is 18.0 Å². The molecule has 1 aliphatic rings. The Hall–Kier alpha value is -1.77. The second kappa shape index (κ2) is 6.33. The molecule has 1 aromatic rings. The second-order valence-corrected chi connectivity index (χ2v) is 5.59. The van der Waals surface area contributed by atoms with Crippen LogP contribution in [0.2, 0.25) is 0 Å². The number of amides is 3. The number of carbonyl (C=O) groups excluding carboxylic acids is 2. The van der Waals surface area contributed by atoms with Crippen LogP contribution in [0.1, 0.15) is 10.4 Å². The number of hydrogen-bond acceptors (Lipinski definition) is 3. The lowest BCUT2D eigenvalue weighted by atomic mass is 10.1. The molecular weight excluding hydrogens is 307 g/mol. The molecule has 0 bridgehead atoms. The van der Waals surface area contributed by atoms with E-state index < -0.39 is 18.8 Å². The highest BCUT2D eigenvalue weighted by atomic mass is 32.1. The van der Waals surface area contributed by atoms with Gasteiger partial charge in [-0.15, -0.1) is 11.3 Å². The number of nitrogens with zero attached hydrogens (tertiary/aromatic N) is 1. The third kappa shape index (κ3) is 4.62. The molecule has 0 fully saturated rings. The summed E-state index contributed by atoms with van der Waals surface area (Å²) in [6, 6.07) is 0.942. The smallest absolute Gasteiger partial charge is 0.336 e. The molecular formula is C12H14F3N3O2S. The SMILES string of the molecule is O=C(NCC(=O)N1CCc2sccc2C1)NCC(F)(F)F. The van der Waals surface area contributed by atoms with Crippen LogP contribution < -0.4 is 10.6 Å². The van der Waals surface area contributed by atoms with Crippen molar-refractivity contribution in [1.82, 2.24) is 15.5 Å². The maximum Gasteiger partial charge on any atom is 0.405 e. The van der Waals surface area contributed by atoms with E-state index in [0.29, 0.717) is 13.1 Å². The summed E-state index contributed by atoms with van der Waals surface area (Å²) in [4.78, 5) is 25.9. The first-order valence-corrected chi connectivity index (χ1v) is 7.14. The highest BCUT2D eigenvalue weighted by Crippen LogP contribution is 2.23. The van der Waals surface area contributed by atoms with Crippen molar-refractivity contribution in [1.29, 1.82) is 0 Å². The third-order valence-corrected chi connectivity index (χ3v) is 4.03. The number of alkyl halides is 3. The van der Waals surface area contributed by atoms with E-state index in [1.807, 2.05) is 11.4 Å². The van der Waals surface area contributed by atoms with Crippen LogP contribution in [-0.2, 0) is 17.8 Å². The van der Waals surface area contributed by atoms with Crippen molar-refractivity contribution in [2.45, 2.75) is 19.1 Å². The summed E-state index contributed by atoms with van der Waals surface area (Å²) < 4.78 is 35.7.